The monoisotopic (exact) mass is 274 g/mol. The fourth-order valence-electron chi connectivity index (χ4n) is 2.58. The molecule has 0 radical (unpaired) electrons. The highest BCUT2D eigenvalue weighted by Crippen LogP contribution is 2.44. The average molecular weight is 274 g/mol. The fourth-order valence-corrected chi connectivity index (χ4v) is 2.58. The number of carbonyl (C=O) groups is 2. The van der Waals surface area contributed by atoms with Crippen LogP contribution in [0.1, 0.15) is 36.0 Å². The third kappa shape index (κ3) is 3.10. The summed E-state index contributed by atoms with van der Waals surface area (Å²) in [5, 5.41) is 14.7. The molecule has 3 rings (SSSR count). The zero-order valence-corrected chi connectivity index (χ0v) is 11.1. The molecule has 0 atom stereocenters. The Morgan fingerprint density at radius 1 is 1.15 bits per heavy atom. The van der Waals surface area contributed by atoms with Crippen molar-refractivity contribution >= 4 is 17.7 Å². The van der Waals surface area contributed by atoms with Gasteiger partial charge in [0.1, 0.15) is 0 Å². The van der Waals surface area contributed by atoms with Crippen LogP contribution in [0.5, 0.6) is 0 Å². The second kappa shape index (κ2) is 5.15. The molecule has 0 aliphatic heterocycles. The maximum absolute atomic E-state index is 12.0. The van der Waals surface area contributed by atoms with Crippen molar-refractivity contribution in [2.75, 3.05) is 5.32 Å². The molecule has 1 aromatic rings. The molecule has 0 heterocycles. The third-order valence-corrected chi connectivity index (χ3v) is 3.92. The summed E-state index contributed by atoms with van der Waals surface area (Å²) < 4.78 is 0. The number of nitrogens with one attached hydrogen (secondary N) is 2. The van der Waals surface area contributed by atoms with Crippen LogP contribution in [0.15, 0.2) is 24.3 Å². The molecular weight excluding hydrogens is 256 g/mol. The Bertz CT molecular complexity index is 524. The first kappa shape index (κ1) is 13.0. The van der Waals surface area contributed by atoms with E-state index in [1.54, 1.807) is 12.1 Å². The molecule has 2 aliphatic rings. The Kier molecular flexibility index (Phi) is 3.34. The van der Waals surface area contributed by atoms with Gasteiger partial charge < -0.3 is 15.7 Å². The second-order valence-electron chi connectivity index (χ2n) is 5.69. The zero-order chi connectivity index (χ0) is 14.1. The van der Waals surface area contributed by atoms with Gasteiger partial charge in [0.25, 0.3) is 0 Å². The number of rotatable bonds is 5. The molecule has 106 valence electrons. The van der Waals surface area contributed by atoms with Gasteiger partial charge in [-0.25, -0.2) is 9.59 Å². The molecular formula is C15H18N2O3. The van der Waals surface area contributed by atoms with Gasteiger partial charge >= 0.3 is 12.0 Å². The van der Waals surface area contributed by atoms with Crippen LogP contribution in [-0.4, -0.2) is 23.1 Å². The van der Waals surface area contributed by atoms with Gasteiger partial charge in [-0.1, -0.05) is 6.07 Å². The standard InChI is InChI=1S/C15H18N2O3/c18-14(19)11-2-1-3-12(8-11)16-15(20)17-13(9-4-5-9)10-6-7-10/h1-3,8-10,13H,4-7H2,(H,18,19)(H2,16,17,20). The first-order valence-electron chi connectivity index (χ1n) is 7.04. The molecule has 0 aromatic heterocycles. The Hall–Kier alpha value is -2.04. The third-order valence-electron chi connectivity index (χ3n) is 3.92. The highest BCUT2D eigenvalue weighted by molar-refractivity contribution is 5.93. The number of anilines is 1. The van der Waals surface area contributed by atoms with Crippen LogP contribution in [0.3, 0.4) is 0 Å². The Morgan fingerprint density at radius 3 is 2.35 bits per heavy atom. The first-order chi connectivity index (χ1) is 9.63. The molecule has 0 unspecified atom stereocenters. The molecule has 0 spiro atoms. The number of carboxylic acids is 1. The van der Waals surface area contributed by atoms with Gasteiger partial charge in [0.05, 0.1) is 5.56 Å². The van der Waals surface area contributed by atoms with Gasteiger partial charge in [-0.15, -0.1) is 0 Å². The van der Waals surface area contributed by atoms with Crippen molar-refractivity contribution in [1.29, 1.82) is 0 Å². The normalized spacial score (nSPS) is 17.9. The lowest BCUT2D eigenvalue weighted by atomic mass is 10.1. The van der Waals surface area contributed by atoms with E-state index in [2.05, 4.69) is 10.6 Å². The van der Waals surface area contributed by atoms with E-state index in [-0.39, 0.29) is 17.6 Å². The van der Waals surface area contributed by atoms with Gasteiger partial charge in [0.2, 0.25) is 0 Å². The number of carbonyl (C=O) groups excluding carboxylic acids is 1. The predicted octanol–water partition coefficient (Wildman–Crippen LogP) is 2.69. The Labute approximate surface area is 117 Å². The van der Waals surface area contributed by atoms with Crippen LogP contribution >= 0.6 is 0 Å². The summed E-state index contributed by atoms with van der Waals surface area (Å²) in [7, 11) is 0. The van der Waals surface area contributed by atoms with Crippen molar-refractivity contribution in [3.63, 3.8) is 0 Å². The SMILES string of the molecule is O=C(Nc1cccc(C(=O)O)c1)NC(C1CC1)C1CC1. The summed E-state index contributed by atoms with van der Waals surface area (Å²) >= 11 is 0. The molecule has 20 heavy (non-hydrogen) atoms. The van der Waals surface area contributed by atoms with Crippen LogP contribution in [-0.2, 0) is 0 Å². The minimum atomic E-state index is -0.997. The number of aromatic carboxylic acids is 1. The number of amides is 2. The predicted molar refractivity (Wildman–Crippen MR) is 74.8 cm³/mol. The number of hydrogen-bond acceptors (Lipinski definition) is 2. The van der Waals surface area contributed by atoms with E-state index in [0.29, 0.717) is 17.5 Å². The van der Waals surface area contributed by atoms with E-state index in [4.69, 9.17) is 5.11 Å². The number of carboxylic acid groups (broad SMARTS) is 1. The molecule has 2 amide bonds. The van der Waals surface area contributed by atoms with Gasteiger partial charge in [0.15, 0.2) is 0 Å². The Morgan fingerprint density at radius 2 is 1.80 bits per heavy atom. The maximum atomic E-state index is 12.0. The highest BCUT2D eigenvalue weighted by Gasteiger charge is 2.42. The molecule has 1 aromatic carbocycles. The quantitative estimate of drug-likeness (QED) is 0.772. The summed E-state index contributed by atoms with van der Waals surface area (Å²) in [6, 6.07) is 6.33. The lowest BCUT2D eigenvalue weighted by Gasteiger charge is -2.18. The summed E-state index contributed by atoms with van der Waals surface area (Å²) in [6.07, 6.45) is 4.82. The van der Waals surface area contributed by atoms with E-state index in [1.807, 2.05) is 0 Å². The van der Waals surface area contributed by atoms with Crippen LogP contribution in [0.25, 0.3) is 0 Å². The topological polar surface area (TPSA) is 78.4 Å². The van der Waals surface area contributed by atoms with Gasteiger partial charge in [-0.2, -0.15) is 0 Å². The van der Waals surface area contributed by atoms with E-state index in [0.717, 1.165) is 0 Å². The molecule has 2 saturated carbocycles. The van der Waals surface area contributed by atoms with E-state index in [9.17, 15) is 9.59 Å². The van der Waals surface area contributed by atoms with E-state index >= 15 is 0 Å². The average Bonchev–Trinajstić information content (AvgIpc) is 3.28. The lowest BCUT2D eigenvalue weighted by molar-refractivity contribution is 0.0697. The molecule has 2 aliphatic carbocycles. The fraction of sp³-hybridized carbons (Fsp3) is 0.467. The minimum Gasteiger partial charge on any atom is -0.478 e. The molecule has 3 N–H and O–H groups in total. The smallest absolute Gasteiger partial charge is 0.335 e. The molecule has 5 nitrogen and oxygen atoms in total. The molecule has 5 heteroatoms. The van der Waals surface area contributed by atoms with E-state index in [1.165, 1.54) is 37.8 Å². The van der Waals surface area contributed by atoms with E-state index < -0.39 is 5.97 Å². The largest absolute Gasteiger partial charge is 0.478 e. The maximum Gasteiger partial charge on any atom is 0.335 e. The zero-order valence-electron chi connectivity index (χ0n) is 11.1. The van der Waals surface area contributed by atoms with Gasteiger partial charge in [-0.05, 0) is 55.7 Å². The van der Waals surface area contributed by atoms with Gasteiger partial charge in [-0.3, -0.25) is 0 Å². The number of benzene rings is 1. The Balaban J connectivity index is 1.60. The minimum absolute atomic E-state index is 0.170. The number of urea groups is 1. The van der Waals surface area contributed by atoms with Crippen molar-refractivity contribution in [2.24, 2.45) is 11.8 Å². The van der Waals surface area contributed by atoms with Crippen LogP contribution in [0.2, 0.25) is 0 Å². The number of hydrogen-bond donors (Lipinski definition) is 3. The van der Waals surface area contributed by atoms with Crippen LogP contribution in [0.4, 0.5) is 10.5 Å². The molecule has 0 bridgehead atoms. The summed E-state index contributed by atoms with van der Waals surface area (Å²) in [5.41, 5.74) is 0.677. The van der Waals surface area contributed by atoms with Crippen molar-refractivity contribution in [3.05, 3.63) is 29.8 Å². The second-order valence-corrected chi connectivity index (χ2v) is 5.69. The summed E-state index contributed by atoms with van der Waals surface area (Å²) in [6.45, 7) is 0. The van der Waals surface area contributed by atoms with Crippen molar-refractivity contribution in [2.45, 2.75) is 31.7 Å². The molecule has 0 saturated heterocycles. The summed E-state index contributed by atoms with van der Waals surface area (Å²) in [4.78, 5) is 22.9. The van der Waals surface area contributed by atoms with Crippen LogP contribution < -0.4 is 10.6 Å². The lowest BCUT2D eigenvalue weighted by Crippen LogP contribution is -2.40. The molecule has 2 fully saturated rings. The van der Waals surface area contributed by atoms with Crippen LogP contribution in [0, 0.1) is 11.8 Å². The van der Waals surface area contributed by atoms with Crippen molar-refractivity contribution in [1.82, 2.24) is 5.32 Å². The van der Waals surface area contributed by atoms with Crippen molar-refractivity contribution < 1.29 is 14.7 Å². The van der Waals surface area contributed by atoms with Gasteiger partial charge in [0, 0.05) is 11.7 Å². The summed E-state index contributed by atoms with van der Waals surface area (Å²) in [5.74, 6) is 0.278. The van der Waals surface area contributed by atoms with Crippen molar-refractivity contribution in [3.8, 4) is 0 Å². The highest BCUT2D eigenvalue weighted by atomic mass is 16.4. The first-order valence-corrected chi connectivity index (χ1v) is 7.04.